The number of anilines is 1. The van der Waals surface area contributed by atoms with E-state index in [1.807, 2.05) is 6.92 Å². The molecule has 2 aromatic carbocycles. The minimum atomic E-state index is -3.57. The number of carbonyl (C=O) groups is 3. The van der Waals surface area contributed by atoms with Crippen LogP contribution in [0.3, 0.4) is 0 Å². The number of amides is 1. The van der Waals surface area contributed by atoms with E-state index in [4.69, 9.17) is 9.47 Å². The molecule has 0 radical (unpaired) electrons. The van der Waals surface area contributed by atoms with Crippen molar-refractivity contribution in [3.8, 4) is 0 Å². The van der Waals surface area contributed by atoms with Crippen LogP contribution in [0.2, 0.25) is 0 Å². The van der Waals surface area contributed by atoms with Gasteiger partial charge in [0, 0.05) is 18.8 Å². The highest BCUT2D eigenvalue weighted by Gasteiger charge is 2.27. The average Bonchev–Trinajstić information content (AvgIpc) is 3.39. The maximum Gasteiger partial charge on any atom is 0.338 e. The summed E-state index contributed by atoms with van der Waals surface area (Å²) >= 11 is 0. The van der Waals surface area contributed by atoms with Crippen molar-refractivity contribution in [3.63, 3.8) is 0 Å². The molecule has 9 nitrogen and oxygen atoms in total. The fraction of sp³-hybridized carbons (Fsp3) is 0.375. The van der Waals surface area contributed by atoms with E-state index in [0.29, 0.717) is 30.9 Å². The van der Waals surface area contributed by atoms with Gasteiger partial charge in [0.15, 0.2) is 6.61 Å². The van der Waals surface area contributed by atoms with Crippen molar-refractivity contribution >= 4 is 33.6 Å². The van der Waals surface area contributed by atoms with Crippen molar-refractivity contribution in [2.45, 2.75) is 37.5 Å². The molecule has 1 saturated heterocycles. The van der Waals surface area contributed by atoms with E-state index in [-0.39, 0.29) is 10.5 Å². The summed E-state index contributed by atoms with van der Waals surface area (Å²) in [5.74, 6) is -1.73. The van der Waals surface area contributed by atoms with Gasteiger partial charge in [0.25, 0.3) is 5.91 Å². The number of rotatable bonds is 10. The molecule has 182 valence electrons. The first-order valence-corrected chi connectivity index (χ1v) is 12.6. The van der Waals surface area contributed by atoms with Gasteiger partial charge in [-0.05, 0) is 67.8 Å². The van der Waals surface area contributed by atoms with Gasteiger partial charge in [-0.25, -0.2) is 18.0 Å². The normalized spacial score (nSPS) is 13.9. The molecule has 1 N–H and O–H groups in total. The Morgan fingerprint density at radius 3 is 2.03 bits per heavy atom. The van der Waals surface area contributed by atoms with Gasteiger partial charge in [0.2, 0.25) is 10.0 Å². The van der Waals surface area contributed by atoms with Crippen molar-refractivity contribution in [1.29, 1.82) is 0 Å². The molecule has 0 aliphatic carbocycles. The third-order valence-corrected chi connectivity index (χ3v) is 7.18. The lowest BCUT2D eigenvalue weighted by molar-refractivity contribution is -0.119. The quantitative estimate of drug-likeness (QED) is 0.403. The summed E-state index contributed by atoms with van der Waals surface area (Å²) in [6, 6.07) is 11.6. The monoisotopic (exact) mass is 488 g/mol. The number of hydrogen-bond donors (Lipinski definition) is 1. The van der Waals surface area contributed by atoms with Gasteiger partial charge < -0.3 is 14.8 Å². The average molecular weight is 489 g/mol. The number of unbranched alkanes of at least 4 members (excludes halogenated alkanes) is 1. The molecule has 1 fully saturated rings. The first-order valence-electron chi connectivity index (χ1n) is 11.2. The summed E-state index contributed by atoms with van der Waals surface area (Å²) < 4.78 is 36.7. The van der Waals surface area contributed by atoms with Crippen LogP contribution in [0, 0.1) is 0 Å². The highest BCUT2D eigenvalue weighted by molar-refractivity contribution is 7.89. The Kier molecular flexibility index (Phi) is 8.78. The van der Waals surface area contributed by atoms with Gasteiger partial charge in [-0.3, -0.25) is 4.79 Å². The number of benzene rings is 2. The van der Waals surface area contributed by atoms with Crippen molar-refractivity contribution < 1.29 is 32.3 Å². The molecule has 10 heteroatoms. The number of carbonyl (C=O) groups excluding carboxylic acids is 3. The Bertz CT molecular complexity index is 1110. The lowest BCUT2D eigenvalue weighted by Gasteiger charge is -2.15. The minimum absolute atomic E-state index is 0.112. The van der Waals surface area contributed by atoms with E-state index in [1.165, 1.54) is 40.7 Å². The standard InChI is InChI=1S/C24H28N2O7S/c1-2-3-16-32-23(28)18-6-10-20(11-7-18)25-22(27)17-33-24(29)19-8-12-21(13-9-19)34(30,31)26-14-4-5-15-26/h6-13H,2-5,14-17H2,1H3,(H,25,27). The molecule has 34 heavy (non-hydrogen) atoms. The molecule has 0 bridgehead atoms. The molecule has 3 rings (SSSR count). The molecule has 1 aliphatic rings. The lowest BCUT2D eigenvalue weighted by Crippen LogP contribution is -2.27. The van der Waals surface area contributed by atoms with Gasteiger partial charge in [-0.2, -0.15) is 4.31 Å². The smallest absolute Gasteiger partial charge is 0.338 e. The zero-order chi connectivity index (χ0) is 24.6. The Hall–Kier alpha value is -3.24. The van der Waals surface area contributed by atoms with Gasteiger partial charge in [0.05, 0.1) is 22.6 Å². The molecule has 2 aromatic rings. The van der Waals surface area contributed by atoms with Crippen LogP contribution in [0.4, 0.5) is 5.69 Å². The van der Waals surface area contributed by atoms with Crippen LogP contribution >= 0.6 is 0 Å². The van der Waals surface area contributed by atoms with Gasteiger partial charge in [0.1, 0.15) is 0 Å². The summed E-state index contributed by atoms with van der Waals surface area (Å²) in [7, 11) is -3.57. The van der Waals surface area contributed by atoms with Crippen molar-refractivity contribution in [2.75, 3.05) is 31.6 Å². The molecular weight excluding hydrogens is 460 g/mol. The SMILES string of the molecule is CCCCOC(=O)c1ccc(NC(=O)COC(=O)c2ccc(S(=O)(=O)N3CCCC3)cc2)cc1. The highest BCUT2D eigenvalue weighted by atomic mass is 32.2. The number of sulfonamides is 1. The Morgan fingerprint density at radius 1 is 0.882 bits per heavy atom. The van der Waals surface area contributed by atoms with Crippen LogP contribution < -0.4 is 5.32 Å². The largest absolute Gasteiger partial charge is 0.462 e. The molecule has 0 unspecified atom stereocenters. The molecule has 0 spiro atoms. The number of hydrogen-bond acceptors (Lipinski definition) is 7. The van der Waals surface area contributed by atoms with Crippen LogP contribution in [-0.4, -0.2) is 56.9 Å². The fourth-order valence-electron chi connectivity index (χ4n) is 3.33. The Labute approximate surface area is 199 Å². The van der Waals surface area contributed by atoms with Crippen molar-refractivity contribution in [2.24, 2.45) is 0 Å². The van der Waals surface area contributed by atoms with Gasteiger partial charge in [-0.15, -0.1) is 0 Å². The maximum atomic E-state index is 12.6. The first kappa shape index (κ1) is 25.4. The van der Waals surface area contributed by atoms with Crippen LogP contribution in [-0.2, 0) is 24.3 Å². The summed E-state index contributed by atoms with van der Waals surface area (Å²) in [6.45, 7) is 2.82. The maximum absolute atomic E-state index is 12.6. The molecule has 0 atom stereocenters. The Balaban J connectivity index is 1.48. The first-order chi connectivity index (χ1) is 16.3. The second-order valence-corrected chi connectivity index (χ2v) is 9.76. The number of nitrogens with zero attached hydrogens (tertiary/aromatic N) is 1. The molecule has 0 saturated carbocycles. The van der Waals surface area contributed by atoms with E-state index in [9.17, 15) is 22.8 Å². The van der Waals surface area contributed by atoms with Crippen LogP contribution in [0.1, 0.15) is 53.3 Å². The van der Waals surface area contributed by atoms with Crippen LogP contribution in [0.5, 0.6) is 0 Å². The van der Waals surface area contributed by atoms with Gasteiger partial charge >= 0.3 is 11.9 Å². The molecule has 1 amide bonds. The Morgan fingerprint density at radius 2 is 1.44 bits per heavy atom. The van der Waals surface area contributed by atoms with E-state index >= 15 is 0 Å². The predicted octanol–water partition coefficient (Wildman–Crippen LogP) is 3.22. The molecular formula is C24H28N2O7S. The zero-order valence-corrected chi connectivity index (χ0v) is 19.8. The molecule has 0 aromatic heterocycles. The number of nitrogens with one attached hydrogen (secondary N) is 1. The van der Waals surface area contributed by atoms with Crippen molar-refractivity contribution in [1.82, 2.24) is 4.31 Å². The zero-order valence-electron chi connectivity index (χ0n) is 19.0. The van der Waals surface area contributed by atoms with Gasteiger partial charge in [-0.1, -0.05) is 13.3 Å². The van der Waals surface area contributed by atoms with Crippen LogP contribution in [0.25, 0.3) is 0 Å². The van der Waals surface area contributed by atoms with E-state index in [1.54, 1.807) is 12.1 Å². The number of esters is 2. The second-order valence-electron chi connectivity index (χ2n) is 7.83. The van der Waals surface area contributed by atoms with Crippen LogP contribution in [0.15, 0.2) is 53.4 Å². The molecule has 1 heterocycles. The van der Waals surface area contributed by atoms with E-state index < -0.39 is 34.5 Å². The predicted molar refractivity (Wildman–Crippen MR) is 125 cm³/mol. The third-order valence-electron chi connectivity index (χ3n) is 5.26. The summed E-state index contributed by atoms with van der Waals surface area (Å²) in [4.78, 5) is 36.4. The number of ether oxygens (including phenoxy) is 2. The van der Waals surface area contributed by atoms with E-state index in [0.717, 1.165) is 25.7 Å². The topological polar surface area (TPSA) is 119 Å². The van der Waals surface area contributed by atoms with E-state index in [2.05, 4.69) is 5.32 Å². The fourth-order valence-corrected chi connectivity index (χ4v) is 4.85. The summed E-state index contributed by atoms with van der Waals surface area (Å²) in [5.41, 5.74) is 0.942. The summed E-state index contributed by atoms with van der Waals surface area (Å²) in [5, 5.41) is 2.57. The molecule has 1 aliphatic heterocycles. The minimum Gasteiger partial charge on any atom is -0.462 e. The summed E-state index contributed by atoms with van der Waals surface area (Å²) in [6.07, 6.45) is 3.39. The lowest BCUT2D eigenvalue weighted by atomic mass is 10.2. The highest BCUT2D eigenvalue weighted by Crippen LogP contribution is 2.21. The third kappa shape index (κ3) is 6.64. The van der Waals surface area contributed by atoms with Crippen molar-refractivity contribution in [3.05, 3.63) is 59.7 Å². The second kappa shape index (κ2) is 11.8.